The fraction of sp³-hybridized carbons (Fsp3) is 0.0286. The Bertz CT molecular complexity index is 1730. The minimum atomic E-state index is 0.422. The van der Waals surface area contributed by atoms with Crippen molar-refractivity contribution in [3.63, 3.8) is 0 Å². The van der Waals surface area contributed by atoms with E-state index in [9.17, 15) is 4.91 Å². The summed E-state index contributed by atoms with van der Waals surface area (Å²) in [5.41, 5.74) is 8.05. The van der Waals surface area contributed by atoms with Crippen LogP contribution in [0.5, 0.6) is 0 Å². The lowest BCUT2D eigenvalue weighted by atomic mass is 10.0. The zero-order valence-electron chi connectivity index (χ0n) is 21.6. The van der Waals surface area contributed by atoms with E-state index < -0.39 is 0 Å². The van der Waals surface area contributed by atoms with Gasteiger partial charge in [-0.1, -0.05) is 72.8 Å². The molecular weight excluding hydrogens is 478 g/mol. The first-order valence-electron chi connectivity index (χ1n) is 12.9. The van der Waals surface area contributed by atoms with Crippen molar-refractivity contribution in [2.75, 3.05) is 16.8 Å². The summed E-state index contributed by atoms with van der Waals surface area (Å²) >= 11 is 0. The Kier molecular flexibility index (Phi) is 6.59. The van der Waals surface area contributed by atoms with E-state index in [1.165, 1.54) is 21.9 Å². The minimum Gasteiger partial charge on any atom is -0.345 e. The lowest BCUT2D eigenvalue weighted by Crippen LogP contribution is -2.12. The maximum absolute atomic E-state index is 10.8. The molecule has 188 valence electrons. The van der Waals surface area contributed by atoms with Gasteiger partial charge in [-0.3, -0.25) is 0 Å². The normalized spacial score (nSPS) is 10.8. The molecule has 0 aliphatic carbocycles. The molecule has 0 saturated heterocycles. The molecule has 0 amide bonds. The molecule has 4 nitrogen and oxygen atoms in total. The van der Waals surface area contributed by atoms with Crippen LogP contribution in [0, 0.1) is 4.91 Å². The van der Waals surface area contributed by atoms with Crippen LogP contribution in [0.1, 0.15) is 0 Å². The monoisotopic (exact) mass is 505 g/mol. The van der Waals surface area contributed by atoms with Gasteiger partial charge in [0.05, 0.1) is 0 Å². The van der Waals surface area contributed by atoms with Crippen LogP contribution in [0.2, 0.25) is 0 Å². The van der Waals surface area contributed by atoms with E-state index in [-0.39, 0.29) is 0 Å². The van der Waals surface area contributed by atoms with E-state index in [0.29, 0.717) is 5.69 Å². The van der Waals surface area contributed by atoms with Gasteiger partial charge in [0.1, 0.15) is 5.69 Å². The number of hydrogen-bond acceptors (Lipinski definition) is 4. The van der Waals surface area contributed by atoms with Crippen LogP contribution in [0.15, 0.2) is 151 Å². The van der Waals surface area contributed by atoms with Crippen molar-refractivity contribution in [1.29, 1.82) is 0 Å². The fourth-order valence-electron chi connectivity index (χ4n) is 4.93. The summed E-state index contributed by atoms with van der Waals surface area (Å²) in [6, 6.07) is 50.0. The maximum Gasteiger partial charge on any atom is 0.108 e. The summed E-state index contributed by atoms with van der Waals surface area (Å²) in [4.78, 5) is 15.2. The second-order valence-electron chi connectivity index (χ2n) is 9.47. The Balaban J connectivity index is 1.41. The molecule has 0 N–H and O–H groups in total. The van der Waals surface area contributed by atoms with Gasteiger partial charge in [0.25, 0.3) is 0 Å². The van der Waals surface area contributed by atoms with Crippen molar-refractivity contribution in [1.82, 2.24) is 0 Å². The quantitative estimate of drug-likeness (QED) is 0.203. The van der Waals surface area contributed by atoms with Crippen molar-refractivity contribution in [2.45, 2.75) is 0 Å². The van der Waals surface area contributed by atoms with Gasteiger partial charge in [0.2, 0.25) is 0 Å². The molecule has 0 unspecified atom stereocenters. The van der Waals surface area contributed by atoms with Crippen molar-refractivity contribution in [2.24, 2.45) is 5.18 Å². The zero-order valence-corrected chi connectivity index (χ0v) is 21.6. The SMILES string of the molecule is CN(c1ccc(N=O)cc1)c1ccc(N(c2cccc(-c3ccccc3)c2)c2ccc3ccccc3c2)cc1. The molecule has 39 heavy (non-hydrogen) atoms. The van der Waals surface area contributed by atoms with Crippen molar-refractivity contribution in [3.8, 4) is 11.1 Å². The Morgan fingerprint density at radius 3 is 1.74 bits per heavy atom. The van der Waals surface area contributed by atoms with Crippen LogP contribution in [-0.2, 0) is 0 Å². The topological polar surface area (TPSA) is 35.9 Å². The highest BCUT2D eigenvalue weighted by molar-refractivity contribution is 5.90. The van der Waals surface area contributed by atoms with Crippen molar-refractivity contribution >= 4 is 44.9 Å². The van der Waals surface area contributed by atoms with Crippen molar-refractivity contribution in [3.05, 3.63) is 150 Å². The van der Waals surface area contributed by atoms with Gasteiger partial charge in [0.15, 0.2) is 0 Å². The molecule has 0 spiro atoms. The van der Waals surface area contributed by atoms with E-state index in [4.69, 9.17) is 0 Å². The molecule has 0 atom stereocenters. The van der Waals surface area contributed by atoms with Crippen LogP contribution in [0.3, 0.4) is 0 Å². The van der Waals surface area contributed by atoms with Gasteiger partial charge in [-0.05, 0) is 99.9 Å². The van der Waals surface area contributed by atoms with E-state index >= 15 is 0 Å². The third-order valence-corrected chi connectivity index (χ3v) is 7.04. The second kappa shape index (κ2) is 10.6. The molecular formula is C35H27N3O. The van der Waals surface area contributed by atoms with Gasteiger partial charge in [-0.2, -0.15) is 0 Å². The molecule has 0 aliphatic rings. The molecule has 0 aliphatic heterocycles. The van der Waals surface area contributed by atoms with Crippen LogP contribution >= 0.6 is 0 Å². The van der Waals surface area contributed by atoms with E-state index in [0.717, 1.165) is 28.4 Å². The van der Waals surface area contributed by atoms with Gasteiger partial charge < -0.3 is 9.80 Å². The van der Waals surface area contributed by atoms with Gasteiger partial charge in [-0.25, -0.2) is 0 Å². The number of hydrogen-bond donors (Lipinski definition) is 0. The summed E-state index contributed by atoms with van der Waals surface area (Å²) in [7, 11) is 2.02. The summed E-state index contributed by atoms with van der Waals surface area (Å²) in [5, 5.41) is 5.42. The second-order valence-corrected chi connectivity index (χ2v) is 9.47. The molecule has 6 rings (SSSR count). The molecule has 6 aromatic rings. The summed E-state index contributed by atoms with van der Waals surface area (Å²) in [5.74, 6) is 0. The molecule has 0 aromatic heterocycles. The average Bonchev–Trinajstić information content (AvgIpc) is 3.02. The minimum absolute atomic E-state index is 0.422. The number of benzene rings is 6. The standard InChI is InChI=1S/C35H27N3O/c1-37(31-18-15-30(36-39)16-19-31)32-20-22-33(23-21-32)38(35-17-14-27-10-5-6-11-28(27)25-35)34-13-7-12-29(24-34)26-8-3-2-4-9-26/h2-25H,1H3. The van der Waals surface area contributed by atoms with Crippen LogP contribution < -0.4 is 9.80 Å². The third kappa shape index (κ3) is 5.00. The van der Waals surface area contributed by atoms with Gasteiger partial charge in [0, 0.05) is 35.5 Å². The largest absolute Gasteiger partial charge is 0.345 e. The number of nitrogens with zero attached hydrogens (tertiary/aromatic N) is 3. The Labute approximate surface area is 228 Å². The zero-order chi connectivity index (χ0) is 26.6. The molecule has 0 radical (unpaired) electrons. The lowest BCUT2D eigenvalue weighted by molar-refractivity contribution is 1.20. The predicted octanol–water partition coefficient (Wildman–Crippen LogP) is 10.1. The summed E-state index contributed by atoms with van der Waals surface area (Å²) in [6.07, 6.45) is 0. The lowest BCUT2D eigenvalue weighted by Gasteiger charge is -2.27. The Morgan fingerprint density at radius 1 is 0.462 bits per heavy atom. The predicted molar refractivity (Wildman–Crippen MR) is 164 cm³/mol. The third-order valence-electron chi connectivity index (χ3n) is 7.04. The smallest absolute Gasteiger partial charge is 0.108 e. The Morgan fingerprint density at radius 2 is 1.03 bits per heavy atom. The van der Waals surface area contributed by atoms with E-state index in [1.54, 1.807) is 12.1 Å². The van der Waals surface area contributed by atoms with E-state index in [1.807, 2.05) is 25.2 Å². The molecule has 0 fully saturated rings. The molecule has 6 aromatic carbocycles. The highest BCUT2D eigenvalue weighted by Gasteiger charge is 2.15. The first kappa shape index (κ1) is 24.1. The molecule has 0 saturated carbocycles. The van der Waals surface area contributed by atoms with Crippen molar-refractivity contribution < 1.29 is 0 Å². The number of anilines is 5. The highest BCUT2D eigenvalue weighted by Crippen LogP contribution is 2.39. The molecule has 0 heterocycles. The molecule has 4 heteroatoms. The van der Waals surface area contributed by atoms with Crippen LogP contribution in [0.25, 0.3) is 21.9 Å². The fourth-order valence-corrected chi connectivity index (χ4v) is 4.93. The number of fused-ring (bicyclic) bond motifs is 1. The summed E-state index contributed by atoms with van der Waals surface area (Å²) in [6.45, 7) is 0. The highest BCUT2D eigenvalue weighted by atomic mass is 16.3. The average molecular weight is 506 g/mol. The first-order chi connectivity index (χ1) is 19.2. The first-order valence-corrected chi connectivity index (χ1v) is 12.9. The van der Waals surface area contributed by atoms with Crippen LogP contribution in [-0.4, -0.2) is 7.05 Å². The van der Waals surface area contributed by atoms with E-state index in [2.05, 4.69) is 130 Å². The van der Waals surface area contributed by atoms with Gasteiger partial charge >= 0.3 is 0 Å². The molecule has 0 bridgehead atoms. The maximum atomic E-state index is 10.8. The summed E-state index contributed by atoms with van der Waals surface area (Å²) < 4.78 is 0. The van der Waals surface area contributed by atoms with Crippen LogP contribution in [0.4, 0.5) is 34.1 Å². The number of rotatable bonds is 7. The van der Waals surface area contributed by atoms with Gasteiger partial charge in [-0.15, -0.1) is 4.91 Å². The number of nitroso groups, excluding NO2 is 1. The Hall–Kier alpha value is -5.22.